The van der Waals surface area contributed by atoms with Crippen molar-refractivity contribution < 1.29 is 13.2 Å². The molecule has 0 aliphatic carbocycles. The molecule has 0 heterocycles. The average Bonchev–Trinajstić information content (AvgIpc) is 1.25. The molecule has 0 aliphatic rings. The molecule has 0 spiro atoms. The summed E-state index contributed by atoms with van der Waals surface area (Å²) in [6, 6.07) is 0. The molecule has 6 heteroatoms. The predicted octanol–water partition coefficient (Wildman–Crippen LogP) is 3.27. The minimum Gasteiger partial charge on any atom is -0.207 e. The fourth-order valence-corrected chi connectivity index (χ4v) is 0. The van der Waals surface area contributed by atoms with Gasteiger partial charge in [0, 0.05) is 0 Å². The normalized spacial score (nSPS) is 20.2. The zero-order valence-electron chi connectivity index (χ0n) is 3.27. The fourth-order valence-electron chi connectivity index (χ4n) is 0. The highest BCUT2D eigenvalue weighted by atomic mass is 127. The van der Waals surface area contributed by atoms with E-state index >= 15 is 0 Å². The number of halogens is 6. The molecule has 0 saturated heterocycles. The monoisotopic (exact) mass is 322 g/mol. The third-order valence-electron chi connectivity index (χ3n) is 0.321. The van der Waals surface area contributed by atoms with Gasteiger partial charge in [0.1, 0.15) is 0 Å². The van der Waals surface area contributed by atoms with E-state index in [1.165, 1.54) is 0 Å². The van der Waals surface area contributed by atoms with Crippen LogP contribution >= 0.6 is 50.1 Å². The van der Waals surface area contributed by atoms with Crippen LogP contribution in [0, 0.1) is 0 Å². The largest absolute Gasteiger partial charge is 0.357 e. The lowest BCUT2D eigenvalue weighted by Crippen LogP contribution is -2.25. The van der Waals surface area contributed by atoms with E-state index in [1.54, 1.807) is 15.9 Å². The summed E-state index contributed by atoms with van der Waals surface area (Å²) in [6.45, 7) is 0. The molecule has 0 rings (SSSR count). The van der Waals surface area contributed by atoms with Crippen LogP contribution in [0.15, 0.2) is 0 Å². The van der Waals surface area contributed by atoms with Gasteiger partial charge in [0.25, 0.3) is 0 Å². The summed E-state index contributed by atoms with van der Waals surface area (Å²) in [6.07, 6.45) is 0. The van der Waals surface area contributed by atoms with Crippen molar-refractivity contribution in [3.63, 3.8) is 0 Å². The summed E-state index contributed by atoms with van der Waals surface area (Å²) < 4.78 is 32.1. The lowest BCUT2D eigenvalue weighted by molar-refractivity contribution is 0.0531. The van der Waals surface area contributed by atoms with E-state index in [9.17, 15) is 13.2 Å². The van der Waals surface area contributed by atoms with Gasteiger partial charge in [-0.25, -0.2) is 4.39 Å². The first-order valence-electron chi connectivity index (χ1n) is 1.38. The maximum atomic E-state index is 11.9. The standard InChI is InChI=1S/C2BrClF3I/c3-1(5,6)2(4,7)8. The molecule has 0 aromatic heterocycles. The van der Waals surface area contributed by atoms with Crippen molar-refractivity contribution in [2.75, 3.05) is 0 Å². The molecule has 0 aromatic rings. The van der Waals surface area contributed by atoms with E-state index in [-0.39, 0.29) is 0 Å². The van der Waals surface area contributed by atoms with Crippen LogP contribution in [0.5, 0.6) is 0 Å². The predicted molar refractivity (Wildman–Crippen MR) is 37.6 cm³/mol. The van der Waals surface area contributed by atoms with Gasteiger partial charge in [0.05, 0.1) is 0 Å². The Morgan fingerprint density at radius 1 is 1.38 bits per heavy atom. The Balaban J connectivity index is 4.02. The Bertz CT molecular complexity index is 72.3. The third kappa shape index (κ3) is 2.72. The molecule has 0 N–H and O–H groups in total. The van der Waals surface area contributed by atoms with E-state index in [1.807, 2.05) is 0 Å². The molecule has 0 saturated carbocycles. The summed E-state index contributed by atoms with van der Waals surface area (Å²) in [5.74, 6) is 0. The Hall–Kier alpha value is 1.29. The molecule has 0 fully saturated rings. The second kappa shape index (κ2) is 2.49. The first kappa shape index (κ1) is 9.29. The van der Waals surface area contributed by atoms with Gasteiger partial charge < -0.3 is 0 Å². The zero-order chi connectivity index (χ0) is 7.00. The quantitative estimate of drug-likeness (QED) is 0.513. The minimum absolute atomic E-state index is 0.785. The van der Waals surface area contributed by atoms with Gasteiger partial charge in [-0.2, -0.15) is 8.78 Å². The van der Waals surface area contributed by atoms with Crippen molar-refractivity contribution in [3.8, 4) is 0 Å². The lowest BCUT2D eigenvalue weighted by atomic mass is 10.8. The lowest BCUT2D eigenvalue weighted by Gasteiger charge is -2.14. The van der Waals surface area contributed by atoms with Crippen LogP contribution < -0.4 is 0 Å². The first-order valence-corrected chi connectivity index (χ1v) is 3.63. The van der Waals surface area contributed by atoms with Gasteiger partial charge in [0.2, 0.25) is 0 Å². The Morgan fingerprint density at radius 2 is 1.50 bits per heavy atom. The van der Waals surface area contributed by atoms with Gasteiger partial charge in [-0.1, -0.05) is 11.6 Å². The number of rotatable bonds is 1. The molecule has 0 aliphatic heterocycles. The molecule has 0 radical (unpaired) electrons. The number of alkyl halides is 6. The van der Waals surface area contributed by atoms with Gasteiger partial charge in [-0.05, 0) is 38.5 Å². The van der Waals surface area contributed by atoms with Gasteiger partial charge in [-0.3, -0.25) is 0 Å². The van der Waals surface area contributed by atoms with Crippen molar-refractivity contribution in [1.29, 1.82) is 0 Å². The van der Waals surface area contributed by atoms with E-state index in [0.29, 0.717) is 0 Å². The molecule has 50 valence electrons. The fraction of sp³-hybridized carbons (Fsp3) is 1.00. The van der Waals surface area contributed by atoms with Crippen molar-refractivity contribution >= 4 is 50.1 Å². The molecule has 8 heavy (non-hydrogen) atoms. The summed E-state index contributed by atoms with van der Waals surface area (Å²) in [7, 11) is 0. The molecule has 1 unspecified atom stereocenters. The first-order chi connectivity index (χ1) is 3.25. The van der Waals surface area contributed by atoms with Gasteiger partial charge in [-0.15, -0.1) is 0 Å². The van der Waals surface area contributed by atoms with Crippen LogP contribution in [0.2, 0.25) is 0 Å². The summed E-state index contributed by atoms with van der Waals surface area (Å²) in [5.41, 5.74) is 0. The van der Waals surface area contributed by atoms with E-state index in [4.69, 9.17) is 0 Å². The van der Waals surface area contributed by atoms with Crippen LogP contribution in [0.4, 0.5) is 13.2 Å². The molecule has 1 atom stereocenters. The minimum atomic E-state index is -3.66. The zero-order valence-corrected chi connectivity index (χ0v) is 7.77. The second-order valence-electron chi connectivity index (χ2n) is 0.996. The Labute approximate surface area is 71.0 Å². The molecule has 0 bridgehead atoms. The Kier molecular flexibility index (Phi) is 2.90. The molecule has 0 aromatic carbocycles. The number of hydrogen-bond acceptors (Lipinski definition) is 0. The third-order valence-corrected chi connectivity index (χ3v) is 2.75. The summed E-state index contributed by atoms with van der Waals surface area (Å²) in [5, 5.41) is 0. The average molecular weight is 323 g/mol. The maximum Gasteiger partial charge on any atom is 0.357 e. The second-order valence-corrected chi connectivity index (χ2v) is 4.64. The van der Waals surface area contributed by atoms with Crippen LogP contribution in [-0.4, -0.2) is 7.97 Å². The summed E-state index contributed by atoms with van der Waals surface area (Å²) in [4.78, 5) is -3.66. The molecular weight excluding hydrogens is 323 g/mol. The van der Waals surface area contributed by atoms with Crippen LogP contribution in [0.1, 0.15) is 0 Å². The SMILES string of the molecule is FC(F)(Br)C(F)(Cl)I. The van der Waals surface area contributed by atoms with E-state index in [0.717, 1.165) is 22.6 Å². The van der Waals surface area contributed by atoms with E-state index < -0.39 is 7.97 Å². The summed E-state index contributed by atoms with van der Waals surface area (Å²) >= 11 is 7.07. The van der Waals surface area contributed by atoms with Crippen LogP contribution in [0.25, 0.3) is 0 Å². The van der Waals surface area contributed by atoms with Crippen molar-refractivity contribution in [2.45, 2.75) is 7.97 Å². The molecular formula is C2BrClF3I. The topological polar surface area (TPSA) is 0 Å². The van der Waals surface area contributed by atoms with Crippen LogP contribution in [-0.2, 0) is 0 Å². The number of hydrogen-bond donors (Lipinski definition) is 0. The molecule has 0 amide bonds. The Morgan fingerprint density at radius 3 is 1.50 bits per heavy atom. The highest BCUT2D eigenvalue weighted by Gasteiger charge is 2.49. The highest BCUT2D eigenvalue weighted by Crippen LogP contribution is 2.45. The van der Waals surface area contributed by atoms with Crippen molar-refractivity contribution in [3.05, 3.63) is 0 Å². The van der Waals surface area contributed by atoms with Gasteiger partial charge >= 0.3 is 7.97 Å². The molecule has 0 nitrogen and oxygen atoms in total. The van der Waals surface area contributed by atoms with Crippen LogP contribution in [0.3, 0.4) is 0 Å². The smallest absolute Gasteiger partial charge is 0.207 e. The van der Waals surface area contributed by atoms with E-state index in [2.05, 4.69) is 11.6 Å². The van der Waals surface area contributed by atoms with Crippen molar-refractivity contribution in [2.24, 2.45) is 0 Å². The van der Waals surface area contributed by atoms with Crippen molar-refractivity contribution in [1.82, 2.24) is 0 Å². The highest BCUT2D eigenvalue weighted by molar-refractivity contribution is 14.1. The maximum absolute atomic E-state index is 11.9. The van der Waals surface area contributed by atoms with Gasteiger partial charge in [0.15, 0.2) is 0 Å².